The third-order valence-corrected chi connectivity index (χ3v) is 29.9. The quantitative estimate of drug-likeness (QED) is 0.0142. The number of aromatic nitrogens is 12. The first-order chi connectivity index (χ1) is 64.4. The van der Waals surface area contributed by atoms with Gasteiger partial charge in [0.15, 0.2) is 66.6 Å². The van der Waals surface area contributed by atoms with Gasteiger partial charge >= 0.3 is 0 Å². The van der Waals surface area contributed by atoms with E-state index < -0.39 is 0 Å². The summed E-state index contributed by atoms with van der Waals surface area (Å²) in [5.41, 5.74) is 49.4. The monoisotopic (exact) mass is 1960 g/mol. The minimum atomic E-state index is 0.365. The highest BCUT2D eigenvalue weighted by Crippen LogP contribution is 2.42. The smallest absolute Gasteiger partial charge is 0.191 e. The van der Waals surface area contributed by atoms with Crippen LogP contribution in [0, 0.1) is 34.6 Å². The molecule has 16 rings (SSSR count). The molecule has 0 atom stereocenters. The first-order valence-corrected chi connectivity index (χ1v) is 51.7. The molecule has 40 heteroatoms. The summed E-state index contributed by atoms with van der Waals surface area (Å²) in [5.74, 6) is 11.2. The number of methoxy groups -OCH3 is 4. The Morgan fingerprint density at radius 2 is 0.511 bits per heavy atom. The fraction of sp³-hybridized carbons (Fsp3) is 0.441. The number of likely N-dealkylation sites (tertiary alicyclic amines) is 3. The second-order valence-electron chi connectivity index (χ2n) is 32.2. The van der Waals surface area contributed by atoms with Gasteiger partial charge in [0.1, 0.15) is 87.2 Å². The Morgan fingerprint density at radius 1 is 0.278 bits per heavy atom. The Balaban J connectivity index is 0.000000151. The molecule has 4 aromatic carbocycles. The van der Waals surface area contributed by atoms with E-state index in [1.165, 1.54) is 111 Å². The Morgan fingerprint density at radius 3 is 0.752 bits per heavy atom. The predicted octanol–water partition coefficient (Wildman–Crippen LogP) is 16.4. The summed E-state index contributed by atoms with van der Waals surface area (Å²) in [5, 5.41) is 6.12. The normalized spacial score (nSPS) is 14.5. The van der Waals surface area contributed by atoms with E-state index in [1.807, 2.05) is 79.7 Å². The highest BCUT2D eigenvalue weighted by Gasteiger charge is 2.24. The summed E-state index contributed by atoms with van der Waals surface area (Å²) < 4.78 is 46.6. The van der Waals surface area contributed by atoms with Gasteiger partial charge in [-0.05, 0) is 192 Å². The van der Waals surface area contributed by atoms with Crippen molar-refractivity contribution in [3.8, 4) is 88.3 Å². The van der Waals surface area contributed by atoms with Crippen molar-refractivity contribution in [2.45, 2.75) is 136 Å². The molecular weight excluding hydrogens is 1840 g/mol. The molecule has 0 radical (unpaired) electrons. The first kappa shape index (κ1) is 100. The number of aryl methyl sites for hydroxylation is 5. The molecule has 4 aliphatic heterocycles. The van der Waals surface area contributed by atoms with E-state index >= 15 is 0 Å². The van der Waals surface area contributed by atoms with Crippen molar-refractivity contribution < 1.29 is 37.9 Å². The molecule has 0 unspecified atom stereocenters. The number of thioether (sulfide) groups is 4. The van der Waals surface area contributed by atoms with Gasteiger partial charge in [0.05, 0.1) is 51.2 Å². The molecule has 0 amide bonds. The molecule has 8 aromatic heterocycles. The van der Waals surface area contributed by atoms with Crippen molar-refractivity contribution in [3.63, 3.8) is 0 Å². The molecule has 32 nitrogen and oxygen atoms in total. The number of thiazole rings is 4. The lowest BCUT2D eigenvalue weighted by molar-refractivity contribution is 0.133. The van der Waals surface area contributed by atoms with E-state index in [9.17, 15) is 0 Å². The van der Waals surface area contributed by atoms with Gasteiger partial charge in [-0.15, -0.1) is 45.3 Å². The highest BCUT2D eigenvalue weighted by molar-refractivity contribution is 7.99. The van der Waals surface area contributed by atoms with E-state index in [-0.39, 0.29) is 0 Å². The van der Waals surface area contributed by atoms with E-state index in [0.717, 1.165) is 210 Å². The van der Waals surface area contributed by atoms with Gasteiger partial charge in [0.25, 0.3) is 0 Å². The van der Waals surface area contributed by atoms with Crippen LogP contribution >= 0.6 is 92.4 Å². The molecule has 4 fully saturated rings. The number of piperidine rings is 3. The van der Waals surface area contributed by atoms with Crippen LogP contribution in [-0.4, -0.2) is 238 Å². The van der Waals surface area contributed by atoms with Crippen LogP contribution in [0.1, 0.15) is 106 Å². The largest absolute Gasteiger partial charge is 0.493 e. The van der Waals surface area contributed by atoms with Crippen molar-refractivity contribution in [2.75, 3.05) is 194 Å². The van der Waals surface area contributed by atoms with E-state index in [4.69, 9.17) is 98.0 Å². The van der Waals surface area contributed by atoms with E-state index in [0.29, 0.717) is 111 Å². The van der Waals surface area contributed by atoms with Crippen LogP contribution in [0.4, 0.5) is 40.7 Å². The van der Waals surface area contributed by atoms with Crippen molar-refractivity contribution in [1.29, 1.82) is 0 Å². The number of nitrogen functional groups attached to an aromatic ring is 7. The molecular formula is C93H122N24O8S8. The van der Waals surface area contributed by atoms with Gasteiger partial charge in [-0.2, -0.15) is 0 Å². The number of likely N-dealkylation sites (N-methyl/N-ethyl adjacent to an activating group) is 1. The van der Waals surface area contributed by atoms with Gasteiger partial charge in [0.2, 0.25) is 0 Å². The average molecular weight is 1960 g/mol. The molecule has 12 heterocycles. The molecule has 0 bridgehead atoms. The maximum atomic E-state index is 6.14. The lowest BCUT2D eigenvalue weighted by Crippen LogP contribution is -2.45. The summed E-state index contributed by atoms with van der Waals surface area (Å²) in [6, 6.07) is 30.4. The van der Waals surface area contributed by atoms with Crippen LogP contribution in [0.25, 0.3) is 42.3 Å². The Kier molecular flexibility index (Phi) is 38.1. The molecule has 4 saturated heterocycles. The van der Waals surface area contributed by atoms with Crippen molar-refractivity contribution in [2.24, 2.45) is 0 Å². The third-order valence-electron chi connectivity index (χ3n) is 22.3. The maximum Gasteiger partial charge on any atom is 0.191 e. The SMILES string of the molecule is COc1ccc(-c2nc(CSc3nc(C)cc(N)n3)c(C)s2)cc1OCCN1CCCCC1.COc1ccc(-c2nc(CSc3nc(N)cc(N)n3)c(C)s2)cc1OCCN1CCCCC1.COc1ccc(-c2nc(CSc3nc(N)cc(N)n3)c(C)s2)cc1OCCN1CCCCC1.COc1ccc(-c2nc(CSc3nc(N)cc(N)n3)c(C)s2)cc1OCCN1CCN(C)CC1. The number of hydrogen-bond donors (Lipinski definition) is 7. The second-order valence-corrected chi connectivity index (χ2v) is 40.8. The predicted molar refractivity (Wildman–Crippen MR) is 544 cm³/mol. The highest BCUT2D eigenvalue weighted by atomic mass is 32.2. The minimum absolute atomic E-state index is 0.365. The lowest BCUT2D eigenvalue weighted by atomic mass is 10.1. The first-order valence-electron chi connectivity index (χ1n) is 44.5. The molecule has 133 heavy (non-hydrogen) atoms. The zero-order valence-corrected chi connectivity index (χ0v) is 83.9. The average Bonchev–Trinajstić information content (AvgIpc) is 1.68. The number of anilines is 7. The number of hydrogen-bond acceptors (Lipinski definition) is 40. The summed E-state index contributed by atoms with van der Waals surface area (Å²) >= 11 is 12.6. The molecule has 14 N–H and O–H groups in total. The molecule has 4 aliphatic rings. The topological polar surface area (TPSA) is 427 Å². The molecule has 0 aliphatic carbocycles. The van der Waals surface area contributed by atoms with Crippen LogP contribution in [0.5, 0.6) is 46.0 Å². The number of piperazine rings is 1. The van der Waals surface area contributed by atoms with Crippen LogP contribution < -0.4 is 78.0 Å². The minimum Gasteiger partial charge on any atom is -0.493 e. The number of nitrogens with zero attached hydrogens (tertiary/aromatic N) is 17. The Labute approximate surface area is 812 Å². The molecule has 0 saturated carbocycles. The Hall–Kier alpha value is -10.1. The third kappa shape index (κ3) is 30.5. The van der Waals surface area contributed by atoms with Gasteiger partial charge in [-0.25, -0.2) is 59.8 Å². The molecule has 0 spiro atoms. The van der Waals surface area contributed by atoms with Gasteiger partial charge in [-0.3, -0.25) is 19.6 Å². The van der Waals surface area contributed by atoms with Crippen LogP contribution in [0.3, 0.4) is 0 Å². The second kappa shape index (κ2) is 50.5. The van der Waals surface area contributed by atoms with E-state index in [2.05, 4.69) is 99.1 Å². The number of ether oxygens (including phenoxy) is 8. The summed E-state index contributed by atoms with van der Waals surface area (Å²) in [4.78, 5) is 70.4. The zero-order valence-electron chi connectivity index (χ0n) is 77.3. The van der Waals surface area contributed by atoms with Crippen molar-refractivity contribution in [3.05, 3.63) is 145 Å². The zero-order chi connectivity index (χ0) is 93.7. The Bertz CT molecular complexity index is 5260. The van der Waals surface area contributed by atoms with Gasteiger partial charge in [0, 0.05) is 147 Å². The number of nitrogens with two attached hydrogens (primary N) is 7. The van der Waals surface area contributed by atoms with Gasteiger partial charge < -0.3 is 82.9 Å². The maximum absolute atomic E-state index is 6.14. The van der Waals surface area contributed by atoms with Crippen molar-refractivity contribution in [1.82, 2.24) is 84.3 Å². The summed E-state index contributed by atoms with van der Waals surface area (Å²) in [6.45, 7) is 27.8. The molecule has 710 valence electrons. The van der Waals surface area contributed by atoms with Crippen molar-refractivity contribution >= 4 is 133 Å². The fourth-order valence-corrected chi connectivity index (χ4v) is 22.6. The number of rotatable bonds is 36. The summed E-state index contributed by atoms with van der Waals surface area (Å²) in [6.07, 6.45) is 11.7. The van der Waals surface area contributed by atoms with Crippen LogP contribution in [0.2, 0.25) is 0 Å². The lowest BCUT2D eigenvalue weighted by Gasteiger charge is -2.32. The number of benzene rings is 4. The summed E-state index contributed by atoms with van der Waals surface area (Å²) in [7, 11) is 8.84. The van der Waals surface area contributed by atoms with Gasteiger partial charge in [-0.1, -0.05) is 66.3 Å². The van der Waals surface area contributed by atoms with Crippen LogP contribution in [-0.2, 0) is 23.0 Å². The standard InChI is InChI=1S/C24H31N5O2S2.C23H31N7O2S2.2C23H30N6O2S2/c1-16-13-22(25)28-24(26-16)32-15-19-17(2)33-23(27-19)18-7-8-20(30-3)21(14-18)31-12-11-29-9-5-4-6-10-29;1-15-17(14-33-23-27-20(24)13-21(25)28-23)26-22(34-15)16-4-5-18(31-3)19(12-16)32-11-10-30-8-6-29(2)7-9-30;2*1-15-17(14-32-23-27-20(24)13-21(25)28-23)26-22(33-15)16-6-7-18(30-2)19(12-16)31-11-10-29-8-4-3-5-9-29/h7-8,13-14H,4-6,9-12,15H2,1-3H3,(H2,25,26,28);4-5,12-13H,6-11,14H2,1-3H3,(H4,24,25,27,28);2*6-7,12-13H,3-5,8-11,14H2,1-2H3,(H4,24,25,27,28). The fourth-order valence-electron chi connectivity index (χ4n) is 14.9. The van der Waals surface area contributed by atoms with Crippen LogP contribution in [0.15, 0.2) is 118 Å². The molecule has 12 aromatic rings. The van der Waals surface area contributed by atoms with E-state index in [1.54, 1.807) is 110 Å².